The summed E-state index contributed by atoms with van der Waals surface area (Å²) in [5, 5.41) is 0. The highest BCUT2D eigenvalue weighted by atomic mass is 19.4. The molecule has 1 atom stereocenters. The van der Waals surface area contributed by atoms with Gasteiger partial charge in [-0.3, -0.25) is 9.69 Å². The van der Waals surface area contributed by atoms with Crippen LogP contribution in [0.4, 0.5) is 19.0 Å². The molecule has 1 saturated carbocycles. The number of hydrogen-bond acceptors (Lipinski definition) is 5. The summed E-state index contributed by atoms with van der Waals surface area (Å²) < 4.78 is 37.8. The van der Waals surface area contributed by atoms with Gasteiger partial charge in [0, 0.05) is 50.4 Å². The third-order valence-corrected chi connectivity index (χ3v) is 5.52. The summed E-state index contributed by atoms with van der Waals surface area (Å²) >= 11 is 0. The molecule has 6 nitrogen and oxygen atoms in total. The third-order valence-electron chi connectivity index (χ3n) is 5.52. The Morgan fingerprint density at radius 2 is 1.78 bits per heavy atom. The number of amides is 1. The number of piperazine rings is 1. The first-order chi connectivity index (χ1) is 12.8. The highest BCUT2D eigenvalue weighted by Gasteiger charge is 2.42. The lowest BCUT2D eigenvalue weighted by atomic mass is 10.1. The normalized spacial score (nSPS) is 24.7. The topological polar surface area (TPSA) is 52.6 Å². The van der Waals surface area contributed by atoms with E-state index in [4.69, 9.17) is 4.98 Å². The molecule has 0 spiro atoms. The second kappa shape index (κ2) is 6.92. The second-order valence-electron chi connectivity index (χ2n) is 7.70. The Morgan fingerprint density at radius 3 is 2.41 bits per heavy atom. The average molecular weight is 383 g/mol. The molecule has 9 heteroatoms. The Bertz CT molecular complexity index is 713. The zero-order valence-corrected chi connectivity index (χ0v) is 15.4. The van der Waals surface area contributed by atoms with E-state index in [2.05, 4.69) is 9.88 Å². The first-order valence-electron chi connectivity index (χ1n) is 9.50. The summed E-state index contributed by atoms with van der Waals surface area (Å²) in [7, 11) is 0. The number of alkyl halides is 3. The van der Waals surface area contributed by atoms with Crippen LogP contribution in [-0.2, 0) is 4.79 Å². The van der Waals surface area contributed by atoms with Crippen LogP contribution in [0.2, 0.25) is 0 Å². The van der Waals surface area contributed by atoms with Crippen molar-refractivity contribution in [2.45, 2.75) is 44.3 Å². The highest BCUT2D eigenvalue weighted by Crippen LogP contribution is 2.38. The number of halogens is 3. The molecule has 3 aliphatic rings. The molecule has 2 saturated heterocycles. The van der Waals surface area contributed by atoms with Gasteiger partial charge in [-0.2, -0.15) is 13.2 Å². The molecule has 1 aliphatic carbocycles. The summed E-state index contributed by atoms with van der Waals surface area (Å²) in [5.74, 6) is 1.93. The van der Waals surface area contributed by atoms with Crippen LogP contribution >= 0.6 is 0 Å². The van der Waals surface area contributed by atoms with E-state index in [-0.39, 0.29) is 6.54 Å². The molecule has 3 fully saturated rings. The van der Waals surface area contributed by atoms with Crippen LogP contribution in [0.5, 0.6) is 0 Å². The summed E-state index contributed by atoms with van der Waals surface area (Å²) in [6.45, 7) is 3.73. The van der Waals surface area contributed by atoms with Crippen LogP contribution < -0.4 is 4.90 Å². The van der Waals surface area contributed by atoms with E-state index in [0.717, 1.165) is 35.1 Å². The maximum absolute atomic E-state index is 12.6. The van der Waals surface area contributed by atoms with Gasteiger partial charge in [0.25, 0.3) is 0 Å². The van der Waals surface area contributed by atoms with Gasteiger partial charge in [-0.1, -0.05) is 0 Å². The van der Waals surface area contributed by atoms with Crippen LogP contribution in [-0.4, -0.2) is 77.2 Å². The number of carbonyl (C=O) groups excluding carboxylic acids is 1. The van der Waals surface area contributed by atoms with E-state index in [1.807, 2.05) is 17.9 Å². The summed E-state index contributed by atoms with van der Waals surface area (Å²) in [4.78, 5) is 26.7. The second-order valence-corrected chi connectivity index (χ2v) is 7.70. The van der Waals surface area contributed by atoms with Gasteiger partial charge in [0.1, 0.15) is 18.2 Å². The van der Waals surface area contributed by atoms with Crippen molar-refractivity contribution in [3.05, 3.63) is 17.6 Å². The van der Waals surface area contributed by atoms with E-state index < -0.39 is 24.7 Å². The minimum absolute atomic E-state index is 0.180. The van der Waals surface area contributed by atoms with Crippen molar-refractivity contribution in [3.8, 4) is 0 Å². The van der Waals surface area contributed by atoms with Gasteiger partial charge in [-0.25, -0.2) is 9.97 Å². The molecular formula is C18H24F3N5O. The number of aromatic nitrogens is 2. The quantitative estimate of drug-likeness (QED) is 0.796. The molecule has 4 rings (SSSR count). The van der Waals surface area contributed by atoms with Crippen molar-refractivity contribution in [3.63, 3.8) is 0 Å². The number of rotatable bonds is 4. The van der Waals surface area contributed by atoms with Gasteiger partial charge < -0.3 is 9.80 Å². The first-order valence-corrected chi connectivity index (χ1v) is 9.50. The fraction of sp³-hybridized carbons (Fsp3) is 0.722. The molecule has 2 aliphatic heterocycles. The summed E-state index contributed by atoms with van der Waals surface area (Å²) in [6, 6.07) is 1.55. The molecule has 1 aromatic heterocycles. The zero-order valence-electron chi connectivity index (χ0n) is 15.4. The lowest BCUT2D eigenvalue weighted by Crippen LogP contribution is -2.53. The van der Waals surface area contributed by atoms with E-state index >= 15 is 0 Å². The van der Waals surface area contributed by atoms with Gasteiger partial charge >= 0.3 is 6.18 Å². The Morgan fingerprint density at radius 1 is 1.07 bits per heavy atom. The Kier molecular flexibility index (Phi) is 4.73. The molecule has 148 valence electrons. The molecule has 0 aromatic carbocycles. The Hall–Kier alpha value is -1.90. The molecule has 27 heavy (non-hydrogen) atoms. The van der Waals surface area contributed by atoms with Crippen molar-refractivity contribution < 1.29 is 18.0 Å². The molecule has 1 unspecified atom stereocenters. The van der Waals surface area contributed by atoms with Crippen molar-refractivity contribution in [2.75, 3.05) is 44.2 Å². The van der Waals surface area contributed by atoms with E-state index in [0.29, 0.717) is 38.5 Å². The molecule has 3 heterocycles. The van der Waals surface area contributed by atoms with Gasteiger partial charge in [0.2, 0.25) is 5.91 Å². The fourth-order valence-corrected chi connectivity index (χ4v) is 3.96. The van der Waals surface area contributed by atoms with Gasteiger partial charge in [0.05, 0.1) is 6.04 Å². The fourth-order valence-electron chi connectivity index (χ4n) is 3.96. The maximum Gasteiger partial charge on any atom is 0.406 e. The predicted octanol–water partition coefficient (Wildman–Crippen LogP) is 1.95. The highest BCUT2D eigenvalue weighted by molar-refractivity contribution is 5.84. The van der Waals surface area contributed by atoms with E-state index in [1.165, 1.54) is 0 Å². The smallest absolute Gasteiger partial charge is 0.354 e. The van der Waals surface area contributed by atoms with Crippen LogP contribution in [0, 0.1) is 6.92 Å². The molecule has 0 bridgehead atoms. The number of aryl methyl sites for hydroxylation is 1. The first kappa shape index (κ1) is 18.5. The van der Waals surface area contributed by atoms with Gasteiger partial charge in [0.15, 0.2) is 0 Å². The maximum atomic E-state index is 12.6. The number of hydrogen-bond donors (Lipinski definition) is 0. The molecule has 1 aromatic rings. The molecular weight excluding hydrogens is 359 g/mol. The summed E-state index contributed by atoms with van der Waals surface area (Å²) in [5.41, 5.74) is 0.957. The molecule has 0 radical (unpaired) electrons. The van der Waals surface area contributed by atoms with Crippen LogP contribution in [0.1, 0.15) is 36.7 Å². The Balaban J connectivity index is 1.36. The average Bonchev–Trinajstić information content (AvgIpc) is 3.40. The number of nitrogens with zero attached hydrogens (tertiary/aromatic N) is 5. The van der Waals surface area contributed by atoms with Crippen LogP contribution in [0.15, 0.2) is 6.07 Å². The Labute approximate surface area is 156 Å². The summed E-state index contributed by atoms with van der Waals surface area (Å²) in [6.07, 6.45) is -1.58. The molecule has 1 amide bonds. The molecule has 0 N–H and O–H groups in total. The number of anilines is 1. The predicted molar refractivity (Wildman–Crippen MR) is 93.6 cm³/mol. The third kappa shape index (κ3) is 4.17. The minimum Gasteiger partial charge on any atom is -0.354 e. The standard InChI is InChI=1S/C18H24F3N5O/c1-12-10-15(23-16(22-12)13-2-3-13)25-8-6-24(7-9-25)14-4-5-26(17(14)27)11-18(19,20)21/h10,13-14H,2-9,11H2,1H3. The van der Waals surface area contributed by atoms with E-state index in [1.54, 1.807) is 0 Å². The minimum atomic E-state index is -4.34. The van der Waals surface area contributed by atoms with E-state index in [9.17, 15) is 18.0 Å². The van der Waals surface area contributed by atoms with Crippen molar-refractivity contribution >= 4 is 11.7 Å². The van der Waals surface area contributed by atoms with Crippen molar-refractivity contribution in [1.82, 2.24) is 19.8 Å². The largest absolute Gasteiger partial charge is 0.406 e. The number of likely N-dealkylation sites (tertiary alicyclic amines) is 1. The number of carbonyl (C=O) groups is 1. The van der Waals surface area contributed by atoms with Crippen molar-refractivity contribution in [1.29, 1.82) is 0 Å². The SMILES string of the molecule is Cc1cc(N2CCN(C3CCN(CC(F)(F)F)C3=O)CC2)nc(C2CC2)n1. The van der Waals surface area contributed by atoms with Crippen molar-refractivity contribution in [2.24, 2.45) is 0 Å². The monoisotopic (exact) mass is 383 g/mol. The van der Waals surface area contributed by atoms with Crippen LogP contribution in [0.25, 0.3) is 0 Å². The van der Waals surface area contributed by atoms with Gasteiger partial charge in [-0.05, 0) is 26.2 Å². The lowest BCUT2D eigenvalue weighted by Gasteiger charge is -2.38. The van der Waals surface area contributed by atoms with Crippen LogP contribution in [0.3, 0.4) is 0 Å². The lowest BCUT2D eigenvalue weighted by molar-refractivity contribution is -0.159. The van der Waals surface area contributed by atoms with Gasteiger partial charge in [-0.15, -0.1) is 0 Å². The zero-order chi connectivity index (χ0) is 19.2.